The summed E-state index contributed by atoms with van der Waals surface area (Å²) < 4.78 is 0. The monoisotopic (exact) mass is 518 g/mol. The molecule has 190 valence electrons. The Morgan fingerprint density at radius 3 is 0.367 bits per heavy atom. The van der Waals surface area contributed by atoms with Crippen LogP contribution in [0, 0.1) is 0 Å². The van der Waals surface area contributed by atoms with Gasteiger partial charge in [0.15, 0.2) is 0 Å². The van der Waals surface area contributed by atoms with Crippen LogP contribution in [0.4, 0.5) is 0 Å². The van der Waals surface area contributed by atoms with Gasteiger partial charge in [-0.15, -0.1) is 0 Å². The van der Waals surface area contributed by atoms with Crippen molar-refractivity contribution >= 4 is 0 Å². The van der Waals surface area contributed by atoms with Crippen molar-refractivity contribution in [3.05, 3.63) is 0 Å². The fourth-order valence-corrected chi connectivity index (χ4v) is 0. The molecule has 0 saturated heterocycles. The minimum atomic E-state index is -0.167. The quantitative estimate of drug-likeness (QED) is 0.241. The Bertz CT molecular complexity index is 131. The number of hydrogen-bond donors (Lipinski definition) is 8. The van der Waals surface area contributed by atoms with E-state index in [2.05, 4.69) is 0 Å². The number of rotatable bonds is 1. The zero-order valence-electron chi connectivity index (χ0n) is 21.5. The predicted octanol–water partition coefficient (Wildman–Crippen LogP) is 1.29. The van der Waals surface area contributed by atoms with E-state index in [1.54, 1.807) is 83.1 Å². The summed E-state index contributed by atoms with van der Waals surface area (Å²) in [5.41, 5.74) is 0. The van der Waals surface area contributed by atoms with Crippen LogP contribution in [-0.2, 0) is 43.4 Å². The minimum absolute atomic E-state index is 0. The standard InChI is InChI=1S/6C3H8O.C2H6O2.2Ti/c6*1-3(2)4;3-1-2-4;;/h6*3-4H,1-2H3;3-4H,1-2H2;;. The van der Waals surface area contributed by atoms with Crippen LogP contribution in [0.3, 0.4) is 0 Å². The number of aliphatic hydroxyl groups excluding tert-OH is 8. The average molecular weight is 518 g/mol. The second kappa shape index (κ2) is 57.3. The van der Waals surface area contributed by atoms with Gasteiger partial charge in [-0.1, -0.05) is 0 Å². The third kappa shape index (κ3) is 5170. The summed E-state index contributed by atoms with van der Waals surface area (Å²) >= 11 is 0. The molecule has 0 aliphatic carbocycles. The van der Waals surface area contributed by atoms with Crippen LogP contribution in [0.25, 0.3) is 0 Å². The van der Waals surface area contributed by atoms with Crippen molar-refractivity contribution in [2.24, 2.45) is 0 Å². The van der Waals surface area contributed by atoms with Crippen LogP contribution >= 0.6 is 0 Å². The summed E-state index contributed by atoms with van der Waals surface area (Å²) in [7, 11) is 0. The zero-order valence-corrected chi connectivity index (χ0v) is 24.6. The van der Waals surface area contributed by atoms with Gasteiger partial charge in [0, 0.05) is 80.1 Å². The van der Waals surface area contributed by atoms with Gasteiger partial charge in [0.25, 0.3) is 0 Å². The second-order valence-corrected chi connectivity index (χ2v) is 7.01. The summed E-state index contributed by atoms with van der Waals surface area (Å²) in [6, 6.07) is 0. The Hall–Kier alpha value is 1.11. The van der Waals surface area contributed by atoms with Gasteiger partial charge in [0.2, 0.25) is 0 Å². The van der Waals surface area contributed by atoms with Gasteiger partial charge in [0.1, 0.15) is 0 Å². The van der Waals surface area contributed by atoms with E-state index in [1.165, 1.54) is 0 Å². The van der Waals surface area contributed by atoms with E-state index in [9.17, 15) is 0 Å². The smallest absolute Gasteiger partial charge is 0.0662 e. The fraction of sp³-hybridized carbons (Fsp3) is 1.00. The van der Waals surface area contributed by atoms with Crippen LogP contribution in [0.5, 0.6) is 0 Å². The first-order valence-corrected chi connectivity index (χ1v) is 9.61. The Balaban J connectivity index is -0.0000000242. The molecule has 0 unspecified atom stereocenters. The molecule has 0 rings (SSSR count). The molecule has 0 aromatic rings. The van der Waals surface area contributed by atoms with Crippen molar-refractivity contribution in [1.29, 1.82) is 0 Å². The molecule has 8 N–H and O–H groups in total. The van der Waals surface area contributed by atoms with Gasteiger partial charge in [-0.25, -0.2) is 0 Å². The first-order chi connectivity index (χ1) is 12.3. The molecule has 30 heavy (non-hydrogen) atoms. The van der Waals surface area contributed by atoms with E-state index in [4.69, 9.17) is 40.9 Å². The van der Waals surface area contributed by atoms with Crippen molar-refractivity contribution in [2.45, 2.75) is 120 Å². The maximum atomic E-state index is 8.06. The molecule has 0 bridgehead atoms. The molecule has 0 heterocycles. The van der Waals surface area contributed by atoms with Gasteiger partial charge in [-0.2, -0.15) is 0 Å². The normalized spacial score (nSPS) is 8.20. The van der Waals surface area contributed by atoms with Crippen molar-refractivity contribution in [3.8, 4) is 0 Å². The molecule has 0 amide bonds. The minimum Gasteiger partial charge on any atom is -0.394 e. The molecular formula is C20H54O8Ti2. The predicted molar refractivity (Wildman–Crippen MR) is 118 cm³/mol. The maximum absolute atomic E-state index is 8.06. The molecular weight excluding hydrogens is 464 g/mol. The Morgan fingerprint density at radius 1 is 0.333 bits per heavy atom. The summed E-state index contributed by atoms with van der Waals surface area (Å²) in [6.45, 7) is 20.4. The molecule has 0 fully saturated rings. The van der Waals surface area contributed by atoms with Gasteiger partial charge < -0.3 is 40.9 Å². The van der Waals surface area contributed by atoms with E-state index in [-0.39, 0.29) is 93.3 Å². The molecule has 0 aromatic heterocycles. The average Bonchev–Trinajstić information content (AvgIpc) is 2.34. The van der Waals surface area contributed by atoms with Crippen LogP contribution in [-0.4, -0.2) is 90.7 Å². The summed E-state index contributed by atoms with van der Waals surface area (Å²) in [5, 5.41) is 63.6. The third-order valence-electron chi connectivity index (χ3n) is 0.1000. The summed E-state index contributed by atoms with van der Waals surface area (Å²) in [5.74, 6) is 0. The molecule has 0 spiro atoms. The molecule has 0 atom stereocenters. The Morgan fingerprint density at radius 2 is 0.367 bits per heavy atom. The van der Waals surface area contributed by atoms with Crippen LogP contribution in [0.2, 0.25) is 0 Å². The first-order valence-electron chi connectivity index (χ1n) is 9.61. The topological polar surface area (TPSA) is 162 Å². The second-order valence-electron chi connectivity index (χ2n) is 7.01. The molecule has 0 radical (unpaired) electrons. The fourth-order valence-electron chi connectivity index (χ4n) is 0. The molecule has 0 saturated carbocycles. The van der Waals surface area contributed by atoms with E-state index in [0.29, 0.717) is 0 Å². The van der Waals surface area contributed by atoms with Gasteiger partial charge in [0.05, 0.1) is 13.2 Å². The summed E-state index contributed by atoms with van der Waals surface area (Å²) in [4.78, 5) is 0. The van der Waals surface area contributed by atoms with Crippen molar-refractivity contribution in [1.82, 2.24) is 0 Å². The SMILES string of the molecule is CC(C)O.CC(C)O.CC(C)O.CC(C)O.CC(C)O.CC(C)O.OCCO.[Ti].[Ti]. The van der Waals surface area contributed by atoms with Crippen LogP contribution in [0.15, 0.2) is 0 Å². The zero-order chi connectivity index (χ0) is 24.9. The van der Waals surface area contributed by atoms with Gasteiger partial charge in [-0.3, -0.25) is 0 Å². The van der Waals surface area contributed by atoms with Crippen molar-refractivity contribution in [2.75, 3.05) is 13.2 Å². The van der Waals surface area contributed by atoms with E-state index in [1.807, 2.05) is 0 Å². The van der Waals surface area contributed by atoms with E-state index >= 15 is 0 Å². The van der Waals surface area contributed by atoms with E-state index < -0.39 is 0 Å². The molecule has 0 aromatic carbocycles. The molecule has 8 nitrogen and oxygen atoms in total. The third-order valence-corrected chi connectivity index (χ3v) is 0.1000. The number of hydrogen-bond acceptors (Lipinski definition) is 8. The molecule has 0 aliphatic heterocycles. The molecule has 10 heteroatoms. The van der Waals surface area contributed by atoms with Crippen LogP contribution in [0.1, 0.15) is 83.1 Å². The molecule has 0 aliphatic rings. The Labute approximate surface area is 216 Å². The van der Waals surface area contributed by atoms with Gasteiger partial charge in [-0.05, 0) is 83.1 Å². The van der Waals surface area contributed by atoms with Crippen LogP contribution < -0.4 is 0 Å². The largest absolute Gasteiger partial charge is 0.394 e. The van der Waals surface area contributed by atoms with Crippen molar-refractivity contribution < 1.29 is 84.3 Å². The maximum Gasteiger partial charge on any atom is 0.0662 e. The first kappa shape index (κ1) is 57.7. The Kier molecular flexibility index (Phi) is 110. The number of aliphatic hydroxyl groups is 8. The summed E-state index contributed by atoms with van der Waals surface area (Å²) in [6.07, 6.45) is -1.00. The van der Waals surface area contributed by atoms with Crippen molar-refractivity contribution in [3.63, 3.8) is 0 Å². The van der Waals surface area contributed by atoms with E-state index in [0.717, 1.165) is 0 Å². The van der Waals surface area contributed by atoms with Gasteiger partial charge >= 0.3 is 0 Å².